The first-order valence-corrected chi connectivity index (χ1v) is 8.86. The van der Waals surface area contributed by atoms with Crippen LogP contribution in [0.15, 0.2) is 24.3 Å². The van der Waals surface area contributed by atoms with Crippen molar-refractivity contribution < 1.29 is 14.3 Å². The van der Waals surface area contributed by atoms with Gasteiger partial charge in [-0.3, -0.25) is 14.5 Å². The summed E-state index contributed by atoms with van der Waals surface area (Å²) in [6.45, 7) is 6.81. The Morgan fingerprint density at radius 1 is 1.17 bits per heavy atom. The van der Waals surface area contributed by atoms with Crippen molar-refractivity contribution >= 4 is 23.5 Å². The van der Waals surface area contributed by atoms with Gasteiger partial charge in [0, 0.05) is 31.2 Å². The van der Waals surface area contributed by atoms with E-state index in [-0.39, 0.29) is 17.9 Å². The monoisotopic (exact) mass is 352 g/mol. The average molecular weight is 353 g/mol. The number of piperazine rings is 1. The molecule has 1 fully saturated rings. The van der Waals surface area contributed by atoms with E-state index in [4.69, 9.17) is 16.3 Å². The quantitative estimate of drug-likeness (QED) is 0.737. The molecule has 6 heteroatoms. The standard InChI is InChI=1S/C18H25ClN2O3/c1-3-16(18(23)24-4-2)20-9-11-21(12-10-20)17(22)13-14-7-5-6-8-15(14)19/h5-8,16H,3-4,9-13H2,1-2H3. The molecule has 0 aromatic heterocycles. The van der Waals surface area contributed by atoms with Crippen LogP contribution >= 0.6 is 11.6 Å². The van der Waals surface area contributed by atoms with Crippen LogP contribution in [0.25, 0.3) is 0 Å². The first-order chi connectivity index (χ1) is 11.6. The molecule has 1 aliphatic rings. The van der Waals surface area contributed by atoms with E-state index in [1.165, 1.54) is 0 Å². The number of nitrogens with zero attached hydrogens (tertiary/aromatic N) is 2. The third-order valence-corrected chi connectivity index (χ3v) is 4.72. The summed E-state index contributed by atoms with van der Waals surface area (Å²) in [5.41, 5.74) is 0.851. The largest absolute Gasteiger partial charge is 0.465 e. The number of carbonyl (C=O) groups excluding carboxylic acids is 2. The molecule has 2 rings (SSSR count). The van der Waals surface area contributed by atoms with Crippen LogP contribution in [0, 0.1) is 0 Å². The topological polar surface area (TPSA) is 49.9 Å². The normalized spacial score (nSPS) is 16.7. The number of rotatable bonds is 6. The van der Waals surface area contributed by atoms with Crippen LogP contribution in [0.5, 0.6) is 0 Å². The van der Waals surface area contributed by atoms with E-state index in [1.54, 1.807) is 6.07 Å². The van der Waals surface area contributed by atoms with Crippen molar-refractivity contribution in [1.29, 1.82) is 0 Å². The fourth-order valence-corrected chi connectivity index (χ4v) is 3.21. The number of carbonyl (C=O) groups is 2. The van der Waals surface area contributed by atoms with Crippen LogP contribution in [-0.4, -0.2) is 60.5 Å². The van der Waals surface area contributed by atoms with E-state index < -0.39 is 0 Å². The Morgan fingerprint density at radius 3 is 2.42 bits per heavy atom. The Morgan fingerprint density at radius 2 is 1.83 bits per heavy atom. The summed E-state index contributed by atoms with van der Waals surface area (Å²) in [5, 5.41) is 0.623. The first-order valence-electron chi connectivity index (χ1n) is 8.48. The van der Waals surface area contributed by atoms with Crippen molar-refractivity contribution in [2.24, 2.45) is 0 Å². The molecule has 1 aromatic rings. The van der Waals surface area contributed by atoms with Gasteiger partial charge >= 0.3 is 5.97 Å². The van der Waals surface area contributed by atoms with Gasteiger partial charge < -0.3 is 9.64 Å². The van der Waals surface area contributed by atoms with Crippen LogP contribution in [0.3, 0.4) is 0 Å². The third-order valence-electron chi connectivity index (χ3n) is 4.35. The third kappa shape index (κ3) is 4.71. The second-order valence-corrected chi connectivity index (χ2v) is 6.27. The highest BCUT2D eigenvalue weighted by atomic mass is 35.5. The lowest BCUT2D eigenvalue weighted by molar-refractivity contribution is -0.150. The molecule has 1 aromatic carbocycles. The van der Waals surface area contributed by atoms with Gasteiger partial charge in [0.15, 0.2) is 0 Å². The molecule has 5 nitrogen and oxygen atoms in total. The van der Waals surface area contributed by atoms with E-state index in [2.05, 4.69) is 4.90 Å². The van der Waals surface area contributed by atoms with Crippen LogP contribution in [0.4, 0.5) is 0 Å². The van der Waals surface area contributed by atoms with Crippen LogP contribution in [0.2, 0.25) is 5.02 Å². The zero-order valence-corrected chi connectivity index (χ0v) is 15.1. The van der Waals surface area contributed by atoms with Gasteiger partial charge in [0.2, 0.25) is 5.91 Å². The molecule has 1 aliphatic heterocycles. The molecule has 1 saturated heterocycles. The summed E-state index contributed by atoms with van der Waals surface area (Å²) in [4.78, 5) is 28.4. The molecule has 24 heavy (non-hydrogen) atoms. The molecule has 0 radical (unpaired) electrons. The van der Waals surface area contributed by atoms with Crippen molar-refractivity contribution in [2.75, 3.05) is 32.8 Å². The van der Waals surface area contributed by atoms with Crippen LogP contribution in [0.1, 0.15) is 25.8 Å². The van der Waals surface area contributed by atoms with Gasteiger partial charge in [-0.25, -0.2) is 0 Å². The van der Waals surface area contributed by atoms with Crippen LogP contribution in [-0.2, 0) is 20.7 Å². The molecule has 132 valence electrons. The van der Waals surface area contributed by atoms with Gasteiger partial charge in [0.05, 0.1) is 13.0 Å². The average Bonchev–Trinajstić information content (AvgIpc) is 2.58. The number of benzene rings is 1. The number of esters is 1. The highest BCUT2D eigenvalue weighted by Gasteiger charge is 2.30. The SMILES string of the molecule is CCOC(=O)C(CC)N1CCN(C(=O)Cc2ccccc2Cl)CC1. The number of hydrogen-bond acceptors (Lipinski definition) is 4. The summed E-state index contributed by atoms with van der Waals surface area (Å²) in [6, 6.07) is 7.20. The van der Waals surface area contributed by atoms with E-state index in [9.17, 15) is 9.59 Å². The smallest absolute Gasteiger partial charge is 0.323 e. The predicted octanol–water partition coefficient (Wildman–Crippen LogP) is 2.37. The fraction of sp³-hybridized carbons (Fsp3) is 0.556. The molecule has 0 aliphatic carbocycles. The Hall–Kier alpha value is -1.59. The molecule has 0 spiro atoms. The zero-order chi connectivity index (χ0) is 17.5. The first kappa shape index (κ1) is 18.7. The number of hydrogen-bond donors (Lipinski definition) is 0. The molecule has 0 saturated carbocycles. The highest BCUT2D eigenvalue weighted by molar-refractivity contribution is 6.31. The lowest BCUT2D eigenvalue weighted by Crippen LogP contribution is -2.54. The van der Waals surface area contributed by atoms with Gasteiger partial charge in [0.25, 0.3) is 0 Å². The van der Waals surface area contributed by atoms with Gasteiger partial charge in [-0.2, -0.15) is 0 Å². The maximum absolute atomic E-state index is 12.5. The van der Waals surface area contributed by atoms with E-state index in [0.29, 0.717) is 50.7 Å². The number of halogens is 1. The van der Waals surface area contributed by atoms with Gasteiger partial charge in [-0.05, 0) is 25.0 Å². The molecular formula is C18H25ClN2O3. The van der Waals surface area contributed by atoms with Gasteiger partial charge in [-0.1, -0.05) is 36.7 Å². The van der Waals surface area contributed by atoms with E-state index >= 15 is 0 Å². The molecule has 0 bridgehead atoms. The zero-order valence-electron chi connectivity index (χ0n) is 14.3. The van der Waals surface area contributed by atoms with Crippen molar-refractivity contribution in [3.05, 3.63) is 34.9 Å². The van der Waals surface area contributed by atoms with Crippen molar-refractivity contribution in [3.63, 3.8) is 0 Å². The molecule has 1 amide bonds. The summed E-state index contributed by atoms with van der Waals surface area (Å²) in [6.07, 6.45) is 1.03. The summed E-state index contributed by atoms with van der Waals surface area (Å²) in [5.74, 6) is -0.0947. The summed E-state index contributed by atoms with van der Waals surface area (Å²) in [7, 11) is 0. The second kappa shape index (κ2) is 9.04. The minimum absolute atomic E-state index is 0.0759. The summed E-state index contributed by atoms with van der Waals surface area (Å²) >= 11 is 6.12. The predicted molar refractivity (Wildman–Crippen MR) is 94.0 cm³/mol. The second-order valence-electron chi connectivity index (χ2n) is 5.86. The highest BCUT2D eigenvalue weighted by Crippen LogP contribution is 2.17. The lowest BCUT2D eigenvalue weighted by Gasteiger charge is -2.38. The molecular weight excluding hydrogens is 328 g/mol. The maximum Gasteiger partial charge on any atom is 0.323 e. The van der Waals surface area contributed by atoms with Crippen LogP contribution < -0.4 is 0 Å². The van der Waals surface area contributed by atoms with Gasteiger partial charge in [0.1, 0.15) is 6.04 Å². The van der Waals surface area contributed by atoms with E-state index in [0.717, 1.165) is 5.56 Å². The molecule has 1 atom stereocenters. The summed E-state index contributed by atoms with van der Waals surface area (Å²) < 4.78 is 5.14. The fourth-order valence-electron chi connectivity index (χ4n) is 3.01. The Balaban J connectivity index is 1.88. The lowest BCUT2D eigenvalue weighted by atomic mass is 10.1. The number of ether oxygens (including phenoxy) is 1. The number of amides is 1. The molecule has 1 unspecified atom stereocenters. The van der Waals surface area contributed by atoms with E-state index in [1.807, 2.05) is 36.9 Å². The Bertz CT molecular complexity index is 571. The Kier molecular flexibility index (Phi) is 7.06. The van der Waals surface area contributed by atoms with Crippen molar-refractivity contribution in [2.45, 2.75) is 32.7 Å². The maximum atomic E-state index is 12.5. The minimum Gasteiger partial charge on any atom is -0.465 e. The molecule has 1 heterocycles. The Labute approximate surface area is 148 Å². The van der Waals surface area contributed by atoms with Crippen molar-refractivity contribution in [3.8, 4) is 0 Å². The minimum atomic E-state index is -0.217. The van der Waals surface area contributed by atoms with Gasteiger partial charge in [-0.15, -0.1) is 0 Å². The molecule has 0 N–H and O–H groups in total. The van der Waals surface area contributed by atoms with Crippen molar-refractivity contribution in [1.82, 2.24) is 9.80 Å².